The van der Waals surface area contributed by atoms with Gasteiger partial charge in [-0.2, -0.15) is 0 Å². The average molecular weight is 556 g/mol. The van der Waals surface area contributed by atoms with E-state index in [1.807, 2.05) is 61.5 Å². The molecule has 1 unspecified atom stereocenters. The Morgan fingerprint density at radius 3 is 2.54 bits per heavy atom. The third kappa shape index (κ3) is 8.88. The Morgan fingerprint density at radius 1 is 1.08 bits per heavy atom. The van der Waals surface area contributed by atoms with Crippen molar-refractivity contribution in [2.45, 2.75) is 36.6 Å². The number of sulfonamides is 1. The number of amides is 1. The molecule has 0 fully saturated rings. The second-order valence-electron chi connectivity index (χ2n) is 9.31. The summed E-state index contributed by atoms with van der Waals surface area (Å²) in [6.07, 6.45) is 0.940. The van der Waals surface area contributed by atoms with Crippen LogP contribution < -0.4 is 14.8 Å². The van der Waals surface area contributed by atoms with Gasteiger partial charge in [-0.3, -0.25) is 9.59 Å². The van der Waals surface area contributed by atoms with Gasteiger partial charge in [0.1, 0.15) is 16.9 Å². The maximum atomic E-state index is 13.1. The molecule has 0 aliphatic carbocycles. The number of benzene rings is 3. The van der Waals surface area contributed by atoms with E-state index in [-0.39, 0.29) is 35.9 Å². The lowest BCUT2D eigenvalue weighted by Gasteiger charge is -2.17. The van der Waals surface area contributed by atoms with Gasteiger partial charge in [-0.1, -0.05) is 42.5 Å². The summed E-state index contributed by atoms with van der Waals surface area (Å²) in [4.78, 5) is 36.4. The summed E-state index contributed by atoms with van der Waals surface area (Å²) in [7, 11) is -0.504. The first kappa shape index (κ1) is 29.8. The van der Waals surface area contributed by atoms with Crippen LogP contribution in [0.4, 0.5) is 5.69 Å². The minimum Gasteiger partial charge on any atom is -0.492 e. The summed E-state index contributed by atoms with van der Waals surface area (Å²) < 4.78 is 34.3. The highest BCUT2D eigenvalue weighted by atomic mass is 32.2. The van der Waals surface area contributed by atoms with E-state index in [0.717, 1.165) is 22.9 Å². The minimum absolute atomic E-state index is 0.0335. The second-order valence-corrected chi connectivity index (χ2v) is 11.0. The van der Waals surface area contributed by atoms with Crippen LogP contribution in [0.15, 0.2) is 65.6 Å². The molecule has 0 saturated heterocycles. The van der Waals surface area contributed by atoms with Crippen molar-refractivity contribution in [3.8, 4) is 5.75 Å². The highest BCUT2D eigenvalue weighted by Crippen LogP contribution is 2.29. The smallest absolute Gasteiger partial charge is 0.305 e. The summed E-state index contributed by atoms with van der Waals surface area (Å²) in [6, 6.07) is 16.4. The van der Waals surface area contributed by atoms with Crippen LogP contribution in [-0.4, -0.2) is 69.9 Å². The Kier molecular flexibility index (Phi) is 10.6. The Bertz CT molecular complexity index is 1420. The lowest BCUT2D eigenvalue weighted by atomic mass is 10.0. The number of aliphatic carboxylic acids is 1. The maximum Gasteiger partial charge on any atom is 0.305 e. The van der Waals surface area contributed by atoms with E-state index >= 15 is 0 Å². The third-order valence-corrected chi connectivity index (χ3v) is 7.43. The topological polar surface area (TPSA) is 142 Å². The number of carboxylic acid groups (broad SMARTS) is 1. The molecule has 0 heterocycles. The van der Waals surface area contributed by atoms with Gasteiger partial charge in [-0.25, -0.2) is 13.1 Å². The Hall–Kier alpha value is -3.80. The highest BCUT2D eigenvalue weighted by molar-refractivity contribution is 7.89. The van der Waals surface area contributed by atoms with Crippen LogP contribution in [0.3, 0.4) is 0 Å². The van der Waals surface area contributed by atoms with Crippen molar-refractivity contribution in [3.63, 3.8) is 0 Å². The number of anilines is 1. The standard InChI is InChI=1S/C28H33N3O7S/c1-31(2)15-6-11-27(33)29-22-12-13-26(39(36,37)30-23(19-32)18-28(34)35)25(17-22)38-16-14-21-9-5-8-20-7-3-4-10-24(20)21/h3-5,7-10,12-13,17,19,23,30H,6,11,14-16,18H2,1-2H3,(H,29,33)(H,34,35). The normalized spacial score (nSPS) is 12.3. The van der Waals surface area contributed by atoms with E-state index in [0.29, 0.717) is 18.5 Å². The number of hydrogen-bond donors (Lipinski definition) is 3. The second kappa shape index (κ2) is 13.8. The molecule has 1 atom stereocenters. The molecule has 0 radical (unpaired) electrons. The lowest BCUT2D eigenvalue weighted by molar-refractivity contribution is -0.138. The van der Waals surface area contributed by atoms with E-state index in [2.05, 4.69) is 10.0 Å². The number of aldehydes is 1. The number of carboxylic acids is 1. The third-order valence-electron chi connectivity index (χ3n) is 5.90. The molecule has 3 aromatic rings. The van der Waals surface area contributed by atoms with Crippen molar-refractivity contribution in [1.82, 2.24) is 9.62 Å². The fraction of sp³-hybridized carbons (Fsp3) is 0.321. The van der Waals surface area contributed by atoms with Crippen molar-refractivity contribution >= 4 is 44.6 Å². The van der Waals surface area contributed by atoms with Crippen molar-refractivity contribution < 1.29 is 32.6 Å². The number of fused-ring (bicyclic) bond motifs is 1. The quantitative estimate of drug-likeness (QED) is 0.243. The van der Waals surface area contributed by atoms with E-state index in [1.54, 1.807) is 0 Å². The van der Waals surface area contributed by atoms with Crippen LogP contribution >= 0.6 is 0 Å². The molecule has 0 aromatic heterocycles. The van der Waals surface area contributed by atoms with E-state index in [4.69, 9.17) is 9.84 Å². The van der Waals surface area contributed by atoms with Crippen LogP contribution in [0.1, 0.15) is 24.8 Å². The summed E-state index contributed by atoms with van der Waals surface area (Å²) in [5.41, 5.74) is 1.37. The molecular weight excluding hydrogens is 522 g/mol. The van der Waals surface area contributed by atoms with E-state index in [1.165, 1.54) is 18.2 Å². The first-order chi connectivity index (χ1) is 18.6. The number of nitrogens with zero attached hydrogens (tertiary/aromatic N) is 1. The van der Waals surface area contributed by atoms with Gasteiger partial charge in [-0.05, 0) is 55.5 Å². The Labute approximate surface area is 228 Å². The van der Waals surface area contributed by atoms with Gasteiger partial charge in [0.2, 0.25) is 15.9 Å². The zero-order valence-corrected chi connectivity index (χ0v) is 22.7. The highest BCUT2D eigenvalue weighted by Gasteiger charge is 2.25. The Morgan fingerprint density at radius 2 is 1.82 bits per heavy atom. The zero-order chi connectivity index (χ0) is 28.4. The fourth-order valence-electron chi connectivity index (χ4n) is 4.05. The molecule has 3 rings (SSSR count). The number of carbonyl (C=O) groups excluding carboxylic acids is 2. The first-order valence-electron chi connectivity index (χ1n) is 12.5. The van der Waals surface area contributed by atoms with Crippen molar-refractivity contribution in [2.75, 3.05) is 32.6 Å². The number of ether oxygens (including phenoxy) is 1. The summed E-state index contributed by atoms with van der Waals surface area (Å²) >= 11 is 0. The zero-order valence-electron chi connectivity index (χ0n) is 21.9. The SMILES string of the molecule is CN(C)CCCC(=O)Nc1ccc(S(=O)(=O)NC(C=O)CC(=O)O)c(OCCc2cccc3ccccc23)c1. The lowest BCUT2D eigenvalue weighted by Crippen LogP contribution is -2.37. The Balaban J connectivity index is 1.83. The monoisotopic (exact) mass is 555 g/mol. The average Bonchev–Trinajstić information content (AvgIpc) is 2.87. The molecular formula is C28H33N3O7S. The molecule has 39 heavy (non-hydrogen) atoms. The van der Waals surface area contributed by atoms with Gasteiger partial charge in [0.25, 0.3) is 0 Å². The number of nitrogens with one attached hydrogen (secondary N) is 2. The molecule has 1 amide bonds. The van der Waals surface area contributed by atoms with E-state index < -0.39 is 28.5 Å². The number of carbonyl (C=O) groups is 3. The van der Waals surface area contributed by atoms with Crippen molar-refractivity contribution in [3.05, 3.63) is 66.2 Å². The predicted molar refractivity (Wildman–Crippen MR) is 148 cm³/mol. The molecule has 10 nitrogen and oxygen atoms in total. The number of rotatable bonds is 15. The molecule has 0 bridgehead atoms. The van der Waals surface area contributed by atoms with Gasteiger partial charge in [0.15, 0.2) is 0 Å². The van der Waals surface area contributed by atoms with Crippen molar-refractivity contribution in [2.24, 2.45) is 0 Å². The maximum absolute atomic E-state index is 13.1. The molecule has 208 valence electrons. The van der Waals surface area contributed by atoms with Crippen molar-refractivity contribution in [1.29, 1.82) is 0 Å². The first-order valence-corrected chi connectivity index (χ1v) is 13.9. The van der Waals surface area contributed by atoms with Crippen LogP contribution in [0.2, 0.25) is 0 Å². The molecule has 3 N–H and O–H groups in total. The number of hydrogen-bond acceptors (Lipinski definition) is 7. The van der Waals surface area contributed by atoms with Gasteiger partial charge in [0, 0.05) is 24.6 Å². The molecule has 0 saturated carbocycles. The van der Waals surface area contributed by atoms with Crippen LogP contribution in [0, 0.1) is 0 Å². The van der Waals surface area contributed by atoms with Gasteiger partial charge in [-0.15, -0.1) is 0 Å². The molecule has 0 spiro atoms. The molecule has 0 aliphatic rings. The van der Waals surface area contributed by atoms with Gasteiger partial charge < -0.3 is 24.9 Å². The summed E-state index contributed by atoms with van der Waals surface area (Å²) in [5.74, 6) is -1.59. The van der Waals surface area contributed by atoms with E-state index in [9.17, 15) is 22.8 Å². The largest absolute Gasteiger partial charge is 0.492 e. The van der Waals surface area contributed by atoms with Crippen LogP contribution in [-0.2, 0) is 30.8 Å². The predicted octanol–water partition coefficient (Wildman–Crippen LogP) is 3.06. The fourth-order valence-corrected chi connectivity index (χ4v) is 5.34. The van der Waals surface area contributed by atoms with Gasteiger partial charge in [0.05, 0.1) is 19.1 Å². The summed E-state index contributed by atoms with van der Waals surface area (Å²) in [6.45, 7) is 0.871. The van der Waals surface area contributed by atoms with Crippen LogP contribution in [0.25, 0.3) is 10.8 Å². The molecule has 3 aromatic carbocycles. The molecule has 0 aliphatic heterocycles. The summed E-state index contributed by atoms with van der Waals surface area (Å²) in [5, 5.41) is 13.9. The van der Waals surface area contributed by atoms with Gasteiger partial charge >= 0.3 is 5.97 Å². The minimum atomic E-state index is -4.33. The molecule has 11 heteroatoms. The van der Waals surface area contributed by atoms with Crippen LogP contribution in [0.5, 0.6) is 5.75 Å².